The van der Waals surface area contributed by atoms with E-state index in [0.717, 1.165) is 17.8 Å². The van der Waals surface area contributed by atoms with Crippen molar-refractivity contribution in [1.82, 2.24) is 0 Å². The third kappa shape index (κ3) is 12.2. The van der Waals surface area contributed by atoms with Crippen LogP contribution in [0.3, 0.4) is 0 Å². The molecule has 0 saturated carbocycles. The van der Waals surface area contributed by atoms with Crippen molar-refractivity contribution in [3.8, 4) is 0 Å². The van der Waals surface area contributed by atoms with Crippen LogP contribution in [0, 0.1) is 6.92 Å². The molecule has 1 aromatic rings. The van der Waals surface area contributed by atoms with Gasteiger partial charge in [-0.2, -0.15) is 0 Å². The van der Waals surface area contributed by atoms with E-state index in [1.54, 1.807) is 0 Å². The van der Waals surface area contributed by atoms with E-state index in [0.29, 0.717) is 6.42 Å². The van der Waals surface area contributed by atoms with E-state index in [9.17, 15) is 4.79 Å². The van der Waals surface area contributed by atoms with E-state index in [1.807, 2.05) is 36.9 Å². The predicted octanol–water partition coefficient (Wildman–Crippen LogP) is 7.02. The number of pyridine rings is 1. The molecule has 0 unspecified atom stereocenters. The minimum atomic E-state index is 0.143. The smallest absolute Gasteiger partial charge is 0.224 e. The van der Waals surface area contributed by atoms with Gasteiger partial charge in [0.05, 0.1) is 0 Å². The Labute approximate surface area is 174 Å². The molecule has 28 heavy (non-hydrogen) atoms. The summed E-state index contributed by atoms with van der Waals surface area (Å²) in [4.78, 5) is 12.1. The quantitative estimate of drug-likeness (QED) is 0.225. The zero-order valence-electron chi connectivity index (χ0n) is 18.9. The summed E-state index contributed by atoms with van der Waals surface area (Å²) in [5, 5.41) is 3.04. The molecule has 0 spiro atoms. The molecule has 0 aliphatic heterocycles. The molecule has 1 heterocycles. The van der Waals surface area contributed by atoms with E-state index < -0.39 is 0 Å². The SMILES string of the molecule is CCCCCCCCCCCCCCCCCC(=O)Nc1ccc[n+](C)c1C. The molecule has 0 atom stereocenters. The number of carbonyl (C=O) groups is 1. The molecule has 0 fully saturated rings. The Balaban J connectivity index is 1.87. The van der Waals surface area contributed by atoms with Crippen LogP contribution >= 0.6 is 0 Å². The normalized spacial score (nSPS) is 11.0. The lowest BCUT2D eigenvalue weighted by Crippen LogP contribution is -2.32. The third-order valence-electron chi connectivity index (χ3n) is 5.77. The van der Waals surface area contributed by atoms with E-state index in [1.165, 1.54) is 89.9 Å². The number of nitrogens with zero attached hydrogens (tertiary/aromatic N) is 1. The van der Waals surface area contributed by atoms with Crippen molar-refractivity contribution in [1.29, 1.82) is 0 Å². The predicted molar refractivity (Wildman–Crippen MR) is 121 cm³/mol. The summed E-state index contributed by atoms with van der Waals surface area (Å²) in [6.45, 7) is 4.31. The van der Waals surface area contributed by atoms with Crippen molar-refractivity contribution < 1.29 is 9.36 Å². The first-order valence-corrected chi connectivity index (χ1v) is 11.9. The number of unbranched alkanes of at least 4 members (excludes halogenated alkanes) is 14. The van der Waals surface area contributed by atoms with Gasteiger partial charge in [0.15, 0.2) is 6.20 Å². The van der Waals surface area contributed by atoms with Gasteiger partial charge in [0.1, 0.15) is 12.7 Å². The lowest BCUT2D eigenvalue weighted by molar-refractivity contribution is -0.677. The van der Waals surface area contributed by atoms with Crippen molar-refractivity contribution in [2.45, 2.75) is 117 Å². The summed E-state index contributed by atoms with van der Waals surface area (Å²) in [6, 6.07) is 3.94. The van der Waals surface area contributed by atoms with Gasteiger partial charge in [-0.15, -0.1) is 0 Å². The molecule has 1 aromatic heterocycles. The van der Waals surface area contributed by atoms with Crippen LogP contribution < -0.4 is 9.88 Å². The van der Waals surface area contributed by atoms with Gasteiger partial charge < -0.3 is 5.32 Å². The average molecular weight is 390 g/mol. The Hall–Kier alpha value is -1.38. The van der Waals surface area contributed by atoms with Gasteiger partial charge in [0.2, 0.25) is 11.6 Å². The van der Waals surface area contributed by atoms with Gasteiger partial charge in [-0.25, -0.2) is 4.57 Å². The van der Waals surface area contributed by atoms with Crippen LogP contribution in [-0.2, 0) is 11.8 Å². The van der Waals surface area contributed by atoms with Gasteiger partial charge in [-0.05, 0) is 12.5 Å². The van der Waals surface area contributed by atoms with Crippen LogP contribution in [0.25, 0.3) is 0 Å². The first-order valence-electron chi connectivity index (χ1n) is 11.9. The molecule has 0 saturated heterocycles. The Morgan fingerprint density at radius 3 is 1.79 bits per heavy atom. The van der Waals surface area contributed by atoms with Crippen LogP contribution in [0.15, 0.2) is 18.3 Å². The van der Waals surface area contributed by atoms with Crippen LogP contribution in [0.1, 0.15) is 115 Å². The minimum absolute atomic E-state index is 0.143. The Bertz CT molecular complexity index is 527. The number of nitrogens with one attached hydrogen (secondary N) is 1. The van der Waals surface area contributed by atoms with E-state index in [-0.39, 0.29) is 5.91 Å². The number of aryl methyl sites for hydroxylation is 1. The molecule has 3 nitrogen and oxygen atoms in total. The second-order valence-electron chi connectivity index (χ2n) is 8.37. The lowest BCUT2D eigenvalue weighted by Gasteiger charge is -2.06. The summed E-state index contributed by atoms with van der Waals surface area (Å²) in [5.74, 6) is 0.143. The van der Waals surface area contributed by atoms with Crippen molar-refractivity contribution in [2.24, 2.45) is 7.05 Å². The largest absolute Gasteiger partial charge is 0.321 e. The fourth-order valence-corrected chi connectivity index (χ4v) is 3.69. The van der Waals surface area contributed by atoms with Crippen LogP contribution in [0.4, 0.5) is 5.69 Å². The van der Waals surface area contributed by atoms with Gasteiger partial charge in [-0.3, -0.25) is 4.79 Å². The number of hydrogen-bond acceptors (Lipinski definition) is 1. The van der Waals surface area contributed by atoms with Crippen LogP contribution in [-0.4, -0.2) is 5.91 Å². The van der Waals surface area contributed by atoms with E-state index in [2.05, 4.69) is 12.2 Å². The molecule has 1 N–H and O–H groups in total. The number of amides is 1. The molecule has 0 aromatic carbocycles. The number of aromatic nitrogens is 1. The topological polar surface area (TPSA) is 33.0 Å². The molecule has 1 amide bonds. The summed E-state index contributed by atoms with van der Waals surface area (Å²) in [5.41, 5.74) is 2.02. The zero-order chi connectivity index (χ0) is 20.5. The van der Waals surface area contributed by atoms with Crippen LogP contribution in [0.5, 0.6) is 0 Å². The monoisotopic (exact) mass is 389 g/mol. The number of rotatable bonds is 17. The number of carbonyl (C=O) groups excluding carboxylic acids is 1. The van der Waals surface area contributed by atoms with E-state index in [4.69, 9.17) is 0 Å². The van der Waals surface area contributed by atoms with Gasteiger partial charge in [0.25, 0.3) is 0 Å². The van der Waals surface area contributed by atoms with Crippen LogP contribution in [0.2, 0.25) is 0 Å². The summed E-state index contributed by atoms with van der Waals surface area (Å²) in [7, 11) is 2.00. The molecule has 0 radical (unpaired) electrons. The highest BCUT2D eigenvalue weighted by Crippen LogP contribution is 2.14. The summed E-state index contributed by atoms with van der Waals surface area (Å²) in [6.07, 6.45) is 22.9. The second kappa shape index (κ2) is 16.6. The Morgan fingerprint density at radius 1 is 0.821 bits per heavy atom. The molecular formula is C25H45N2O+. The van der Waals surface area contributed by atoms with Gasteiger partial charge >= 0.3 is 0 Å². The molecule has 160 valence electrons. The highest BCUT2D eigenvalue weighted by Gasteiger charge is 2.10. The van der Waals surface area contributed by atoms with Gasteiger partial charge in [0, 0.05) is 19.4 Å². The number of anilines is 1. The zero-order valence-corrected chi connectivity index (χ0v) is 18.9. The second-order valence-corrected chi connectivity index (χ2v) is 8.37. The lowest BCUT2D eigenvalue weighted by atomic mass is 10.0. The summed E-state index contributed by atoms with van der Waals surface area (Å²) >= 11 is 0. The summed E-state index contributed by atoms with van der Waals surface area (Å²) < 4.78 is 2.03. The fraction of sp³-hybridized carbons (Fsp3) is 0.760. The average Bonchev–Trinajstić information content (AvgIpc) is 2.68. The first kappa shape index (κ1) is 24.7. The molecule has 3 heteroatoms. The Kier molecular flexibility index (Phi) is 14.6. The number of hydrogen-bond donors (Lipinski definition) is 1. The minimum Gasteiger partial charge on any atom is -0.321 e. The van der Waals surface area contributed by atoms with Crippen molar-refractivity contribution >= 4 is 11.6 Å². The van der Waals surface area contributed by atoms with Crippen molar-refractivity contribution in [2.75, 3.05) is 5.32 Å². The maximum atomic E-state index is 12.1. The standard InChI is InChI=1S/C25H44N2O/c1-4-5-6-7-8-9-10-11-12-13-14-15-16-17-18-21-25(28)26-24-20-19-22-27(3)23(24)2/h19-20,22H,4-18,21H2,1-3H3/p+1. The molecular weight excluding hydrogens is 344 g/mol. The Morgan fingerprint density at radius 2 is 1.29 bits per heavy atom. The van der Waals surface area contributed by atoms with Crippen molar-refractivity contribution in [3.05, 3.63) is 24.0 Å². The molecule has 0 aliphatic carbocycles. The maximum Gasteiger partial charge on any atom is 0.224 e. The first-order chi connectivity index (χ1) is 13.6. The maximum absolute atomic E-state index is 12.1. The highest BCUT2D eigenvalue weighted by atomic mass is 16.1. The van der Waals surface area contributed by atoms with Gasteiger partial charge in [-0.1, -0.05) is 96.8 Å². The highest BCUT2D eigenvalue weighted by molar-refractivity contribution is 5.90. The molecule has 0 aliphatic rings. The van der Waals surface area contributed by atoms with E-state index >= 15 is 0 Å². The van der Waals surface area contributed by atoms with Crippen molar-refractivity contribution in [3.63, 3.8) is 0 Å². The molecule has 0 bridgehead atoms. The fourth-order valence-electron chi connectivity index (χ4n) is 3.69. The molecule has 1 rings (SSSR count). The third-order valence-corrected chi connectivity index (χ3v) is 5.77.